The molecule has 8 heavy (non-hydrogen) atoms. The smallest absolute Gasteiger partial charge is 0.113 e. The summed E-state index contributed by atoms with van der Waals surface area (Å²) in [5.41, 5.74) is 1.82. The molecule has 1 aliphatic heterocycles. The summed E-state index contributed by atoms with van der Waals surface area (Å²) in [5, 5.41) is 0. The molecule has 0 saturated carbocycles. The molecule has 1 heterocycles. The molecule has 1 rings (SSSR count). The SMILES string of the molecule is CC1=C(CF)CN=C1. The summed E-state index contributed by atoms with van der Waals surface area (Å²) in [6.45, 7) is 2.11. The fourth-order valence-corrected chi connectivity index (χ4v) is 0.656. The molecule has 44 valence electrons. The van der Waals surface area contributed by atoms with E-state index in [0.717, 1.165) is 11.1 Å². The highest BCUT2D eigenvalue weighted by molar-refractivity contribution is 5.81. The number of allylic oxidation sites excluding steroid dienone is 1. The van der Waals surface area contributed by atoms with E-state index in [2.05, 4.69) is 4.99 Å². The van der Waals surface area contributed by atoms with E-state index in [-0.39, 0.29) is 6.67 Å². The van der Waals surface area contributed by atoms with E-state index < -0.39 is 0 Å². The summed E-state index contributed by atoms with van der Waals surface area (Å²) in [7, 11) is 0. The van der Waals surface area contributed by atoms with Crippen LogP contribution in [0.5, 0.6) is 0 Å². The molecule has 0 aliphatic carbocycles. The Balaban J connectivity index is 2.68. The molecule has 0 radical (unpaired) electrons. The van der Waals surface area contributed by atoms with Crippen LogP contribution in [0.4, 0.5) is 4.39 Å². The summed E-state index contributed by atoms with van der Waals surface area (Å²) < 4.78 is 11.8. The Morgan fingerprint density at radius 1 is 1.88 bits per heavy atom. The number of alkyl halides is 1. The second-order valence-corrected chi connectivity index (χ2v) is 1.89. The predicted molar refractivity (Wildman–Crippen MR) is 32.0 cm³/mol. The minimum Gasteiger partial charge on any atom is -0.288 e. The normalized spacial score (nSPS) is 18.2. The van der Waals surface area contributed by atoms with Gasteiger partial charge in [0.2, 0.25) is 0 Å². The third-order valence-corrected chi connectivity index (χ3v) is 1.29. The highest BCUT2D eigenvalue weighted by atomic mass is 19.1. The largest absolute Gasteiger partial charge is 0.288 e. The zero-order valence-corrected chi connectivity index (χ0v) is 4.82. The molecule has 0 fully saturated rings. The van der Waals surface area contributed by atoms with Crippen LogP contribution in [0.15, 0.2) is 16.1 Å². The Morgan fingerprint density at radius 3 is 2.88 bits per heavy atom. The van der Waals surface area contributed by atoms with Gasteiger partial charge >= 0.3 is 0 Å². The standard InChI is InChI=1S/C6H8FN/c1-5-3-8-4-6(5)2-7/h3H,2,4H2,1H3. The molecule has 1 aliphatic rings. The fourth-order valence-electron chi connectivity index (χ4n) is 0.656. The fraction of sp³-hybridized carbons (Fsp3) is 0.500. The van der Waals surface area contributed by atoms with Gasteiger partial charge in [-0.2, -0.15) is 0 Å². The van der Waals surface area contributed by atoms with Gasteiger partial charge < -0.3 is 0 Å². The number of aliphatic imine (C=N–C) groups is 1. The van der Waals surface area contributed by atoms with E-state index in [9.17, 15) is 4.39 Å². The van der Waals surface area contributed by atoms with Gasteiger partial charge in [0.25, 0.3) is 0 Å². The van der Waals surface area contributed by atoms with E-state index >= 15 is 0 Å². The number of rotatable bonds is 1. The van der Waals surface area contributed by atoms with Gasteiger partial charge in [0.05, 0.1) is 6.54 Å². The van der Waals surface area contributed by atoms with Crippen LogP contribution in [0.25, 0.3) is 0 Å². The molecule has 0 bridgehead atoms. The van der Waals surface area contributed by atoms with Crippen LogP contribution in [-0.4, -0.2) is 19.4 Å². The van der Waals surface area contributed by atoms with Crippen molar-refractivity contribution in [2.24, 2.45) is 4.99 Å². The van der Waals surface area contributed by atoms with Crippen molar-refractivity contribution in [1.29, 1.82) is 0 Å². The Morgan fingerprint density at radius 2 is 2.62 bits per heavy atom. The molecule has 0 spiro atoms. The van der Waals surface area contributed by atoms with Crippen molar-refractivity contribution < 1.29 is 4.39 Å². The van der Waals surface area contributed by atoms with E-state index in [1.165, 1.54) is 0 Å². The van der Waals surface area contributed by atoms with Crippen LogP contribution in [0.2, 0.25) is 0 Å². The van der Waals surface area contributed by atoms with Crippen molar-refractivity contribution in [3.8, 4) is 0 Å². The second kappa shape index (κ2) is 2.07. The van der Waals surface area contributed by atoms with Crippen LogP contribution in [0, 0.1) is 0 Å². The topological polar surface area (TPSA) is 12.4 Å². The van der Waals surface area contributed by atoms with Crippen molar-refractivity contribution in [3.63, 3.8) is 0 Å². The maximum Gasteiger partial charge on any atom is 0.113 e. The van der Waals surface area contributed by atoms with Gasteiger partial charge in [-0.25, -0.2) is 4.39 Å². The monoisotopic (exact) mass is 113 g/mol. The number of nitrogens with zero attached hydrogens (tertiary/aromatic N) is 1. The van der Waals surface area contributed by atoms with Gasteiger partial charge in [0.1, 0.15) is 6.67 Å². The van der Waals surface area contributed by atoms with Gasteiger partial charge in [0, 0.05) is 6.21 Å². The Kier molecular flexibility index (Phi) is 1.42. The Hall–Kier alpha value is -0.660. The van der Waals surface area contributed by atoms with Crippen LogP contribution in [-0.2, 0) is 0 Å². The molecule has 0 aromatic rings. The predicted octanol–water partition coefficient (Wildman–Crippen LogP) is 1.36. The molecule has 0 amide bonds. The maximum absolute atomic E-state index is 11.8. The van der Waals surface area contributed by atoms with Crippen LogP contribution in [0.3, 0.4) is 0 Å². The minimum atomic E-state index is -0.341. The third kappa shape index (κ3) is 0.782. The average molecular weight is 113 g/mol. The molecule has 0 atom stereocenters. The maximum atomic E-state index is 11.8. The molecule has 2 heteroatoms. The zero-order valence-electron chi connectivity index (χ0n) is 4.82. The Bertz CT molecular complexity index is 147. The van der Waals surface area contributed by atoms with Gasteiger partial charge in [0.15, 0.2) is 0 Å². The summed E-state index contributed by atoms with van der Waals surface area (Å²) in [4.78, 5) is 3.88. The zero-order chi connectivity index (χ0) is 5.98. The summed E-state index contributed by atoms with van der Waals surface area (Å²) in [6, 6.07) is 0. The first-order valence-electron chi connectivity index (χ1n) is 2.59. The third-order valence-electron chi connectivity index (χ3n) is 1.29. The molecule has 0 aromatic carbocycles. The Labute approximate surface area is 47.9 Å². The van der Waals surface area contributed by atoms with E-state index in [1.807, 2.05) is 6.92 Å². The van der Waals surface area contributed by atoms with Gasteiger partial charge in [-0.1, -0.05) is 0 Å². The number of halogens is 1. The quantitative estimate of drug-likeness (QED) is 0.486. The summed E-state index contributed by atoms with van der Waals surface area (Å²) in [5.74, 6) is 0. The van der Waals surface area contributed by atoms with Crippen LogP contribution >= 0.6 is 0 Å². The lowest BCUT2D eigenvalue weighted by Crippen LogP contribution is -1.87. The highest BCUT2D eigenvalue weighted by Gasteiger charge is 2.03. The van der Waals surface area contributed by atoms with Crippen molar-refractivity contribution in [2.75, 3.05) is 13.2 Å². The summed E-state index contributed by atoms with van der Waals surface area (Å²) >= 11 is 0. The lowest BCUT2D eigenvalue weighted by atomic mass is 10.2. The van der Waals surface area contributed by atoms with Crippen LogP contribution in [0.1, 0.15) is 6.92 Å². The van der Waals surface area contributed by atoms with Crippen molar-refractivity contribution in [1.82, 2.24) is 0 Å². The van der Waals surface area contributed by atoms with E-state index in [1.54, 1.807) is 6.21 Å². The van der Waals surface area contributed by atoms with Gasteiger partial charge in [-0.15, -0.1) is 0 Å². The molecule has 0 unspecified atom stereocenters. The number of hydrogen-bond acceptors (Lipinski definition) is 1. The van der Waals surface area contributed by atoms with Crippen molar-refractivity contribution in [3.05, 3.63) is 11.1 Å². The molecule has 0 saturated heterocycles. The first-order valence-corrected chi connectivity index (χ1v) is 2.59. The molecule has 1 nitrogen and oxygen atoms in total. The lowest BCUT2D eigenvalue weighted by Gasteiger charge is -1.90. The van der Waals surface area contributed by atoms with Crippen molar-refractivity contribution >= 4 is 6.21 Å². The second-order valence-electron chi connectivity index (χ2n) is 1.89. The molecule has 0 N–H and O–H groups in total. The van der Waals surface area contributed by atoms with E-state index in [4.69, 9.17) is 0 Å². The molecule has 0 aromatic heterocycles. The van der Waals surface area contributed by atoms with Crippen LogP contribution < -0.4 is 0 Å². The first-order chi connectivity index (χ1) is 3.84. The van der Waals surface area contributed by atoms with Gasteiger partial charge in [-0.05, 0) is 18.1 Å². The number of hydrogen-bond donors (Lipinski definition) is 0. The molecular formula is C6H8FN. The highest BCUT2D eigenvalue weighted by Crippen LogP contribution is 2.08. The minimum absolute atomic E-state index is 0.341. The first kappa shape index (κ1) is 5.48. The molecular weight excluding hydrogens is 105 g/mol. The van der Waals surface area contributed by atoms with E-state index in [0.29, 0.717) is 6.54 Å². The summed E-state index contributed by atoms with van der Waals surface area (Å²) in [6.07, 6.45) is 1.72. The van der Waals surface area contributed by atoms with Gasteiger partial charge in [-0.3, -0.25) is 4.99 Å². The lowest BCUT2D eigenvalue weighted by molar-refractivity contribution is 0.539. The average Bonchev–Trinajstić information content (AvgIpc) is 2.14. The van der Waals surface area contributed by atoms with Crippen molar-refractivity contribution in [2.45, 2.75) is 6.92 Å².